The Morgan fingerprint density at radius 1 is 1.33 bits per heavy atom. The van der Waals surface area contributed by atoms with Crippen molar-refractivity contribution in [1.29, 1.82) is 0 Å². The van der Waals surface area contributed by atoms with Crippen LogP contribution in [0.2, 0.25) is 0 Å². The SMILES string of the molecule is COCC(C)OCC(O)CSc1nnc(SC)s1. The Labute approximate surface area is 120 Å². The van der Waals surface area contributed by atoms with Gasteiger partial charge in [0, 0.05) is 12.9 Å². The Kier molecular flexibility index (Phi) is 8.20. The molecule has 0 fully saturated rings. The summed E-state index contributed by atoms with van der Waals surface area (Å²) in [5.41, 5.74) is 0. The molecule has 1 heterocycles. The summed E-state index contributed by atoms with van der Waals surface area (Å²) in [4.78, 5) is 0. The molecule has 0 saturated heterocycles. The quantitative estimate of drug-likeness (QED) is 0.697. The summed E-state index contributed by atoms with van der Waals surface area (Å²) in [7, 11) is 1.63. The average Bonchev–Trinajstić information content (AvgIpc) is 2.82. The molecular weight excluding hydrogens is 292 g/mol. The highest BCUT2D eigenvalue weighted by atomic mass is 32.2. The fraction of sp³-hybridized carbons (Fsp3) is 0.800. The lowest BCUT2D eigenvalue weighted by Gasteiger charge is -2.15. The first-order valence-corrected chi connectivity index (χ1v) is 8.47. The van der Waals surface area contributed by atoms with Crippen LogP contribution >= 0.6 is 34.9 Å². The molecular formula is C10H18N2O3S3. The molecule has 2 unspecified atom stereocenters. The Morgan fingerprint density at radius 2 is 2.06 bits per heavy atom. The average molecular weight is 310 g/mol. The summed E-state index contributed by atoms with van der Waals surface area (Å²) in [5, 5.41) is 17.8. The van der Waals surface area contributed by atoms with Crippen LogP contribution in [0.5, 0.6) is 0 Å². The van der Waals surface area contributed by atoms with Crippen LogP contribution in [0.4, 0.5) is 0 Å². The second-order valence-electron chi connectivity index (χ2n) is 3.60. The number of thioether (sulfide) groups is 2. The van der Waals surface area contributed by atoms with Crippen molar-refractivity contribution in [3.63, 3.8) is 0 Å². The number of hydrogen-bond acceptors (Lipinski definition) is 8. The molecule has 8 heteroatoms. The van der Waals surface area contributed by atoms with E-state index in [0.717, 1.165) is 8.68 Å². The number of ether oxygens (including phenoxy) is 2. The van der Waals surface area contributed by atoms with E-state index in [1.54, 1.807) is 18.9 Å². The van der Waals surface area contributed by atoms with E-state index in [9.17, 15) is 5.11 Å². The first-order valence-electron chi connectivity index (χ1n) is 5.44. The highest BCUT2D eigenvalue weighted by molar-refractivity contribution is 8.02. The van der Waals surface area contributed by atoms with Gasteiger partial charge >= 0.3 is 0 Å². The van der Waals surface area contributed by atoms with Gasteiger partial charge in [-0.3, -0.25) is 0 Å². The molecule has 1 rings (SSSR count). The summed E-state index contributed by atoms with van der Waals surface area (Å²) in [6.07, 6.45) is 1.46. The molecule has 2 atom stereocenters. The molecule has 1 aromatic heterocycles. The van der Waals surface area contributed by atoms with E-state index >= 15 is 0 Å². The number of hydrogen-bond donors (Lipinski definition) is 1. The number of aliphatic hydroxyl groups excluding tert-OH is 1. The van der Waals surface area contributed by atoms with Crippen molar-refractivity contribution in [3.05, 3.63) is 0 Å². The number of nitrogens with zero attached hydrogens (tertiary/aromatic N) is 2. The van der Waals surface area contributed by atoms with Crippen molar-refractivity contribution in [2.75, 3.05) is 32.3 Å². The number of methoxy groups -OCH3 is 1. The topological polar surface area (TPSA) is 64.5 Å². The van der Waals surface area contributed by atoms with Crippen LogP contribution in [-0.2, 0) is 9.47 Å². The third kappa shape index (κ3) is 6.35. The standard InChI is InChI=1S/C10H18N2O3S3/c1-7(4-14-2)15-5-8(13)6-17-10-12-11-9(16-3)18-10/h7-8,13H,4-6H2,1-3H3. The maximum atomic E-state index is 9.76. The van der Waals surface area contributed by atoms with Gasteiger partial charge in [-0.15, -0.1) is 10.2 Å². The Hall–Kier alpha value is 0.140. The van der Waals surface area contributed by atoms with Crippen LogP contribution in [0.3, 0.4) is 0 Å². The molecule has 1 N–H and O–H groups in total. The molecule has 0 aromatic carbocycles. The molecule has 0 spiro atoms. The van der Waals surface area contributed by atoms with E-state index in [4.69, 9.17) is 9.47 Å². The van der Waals surface area contributed by atoms with Gasteiger partial charge in [0.15, 0.2) is 8.68 Å². The van der Waals surface area contributed by atoms with Crippen molar-refractivity contribution in [2.45, 2.75) is 27.8 Å². The smallest absolute Gasteiger partial charge is 0.175 e. The fourth-order valence-electron chi connectivity index (χ4n) is 1.11. The van der Waals surface area contributed by atoms with Gasteiger partial charge in [-0.2, -0.15) is 0 Å². The van der Waals surface area contributed by atoms with Crippen molar-refractivity contribution in [3.8, 4) is 0 Å². The monoisotopic (exact) mass is 310 g/mol. The molecule has 0 radical (unpaired) electrons. The molecule has 0 aliphatic rings. The zero-order valence-electron chi connectivity index (χ0n) is 10.7. The lowest BCUT2D eigenvalue weighted by atomic mass is 10.4. The van der Waals surface area contributed by atoms with Crippen LogP contribution in [0.25, 0.3) is 0 Å². The van der Waals surface area contributed by atoms with Crippen LogP contribution in [0, 0.1) is 0 Å². The molecule has 104 valence electrons. The predicted octanol–water partition coefficient (Wildman–Crippen LogP) is 1.76. The highest BCUT2D eigenvalue weighted by Gasteiger charge is 2.11. The summed E-state index contributed by atoms with van der Waals surface area (Å²) >= 11 is 4.61. The van der Waals surface area contributed by atoms with Crippen LogP contribution in [0.1, 0.15) is 6.92 Å². The summed E-state index contributed by atoms with van der Waals surface area (Å²) in [5.74, 6) is 0.558. The fourth-order valence-corrected chi connectivity index (χ4v) is 3.48. The van der Waals surface area contributed by atoms with Gasteiger partial charge in [0.2, 0.25) is 0 Å². The second-order valence-corrected chi connectivity index (χ2v) is 6.90. The van der Waals surface area contributed by atoms with Crippen molar-refractivity contribution in [1.82, 2.24) is 10.2 Å². The van der Waals surface area contributed by atoms with Gasteiger partial charge in [-0.05, 0) is 13.2 Å². The van der Waals surface area contributed by atoms with Gasteiger partial charge in [-0.25, -0.2) is 0 Å². The first-order chi connectivity index (χ1) is 8.65. The molecule has 1 aromatic rings. The van der Waals surface area contributed by atoms with E-state index < -0.39 is 6.10 Å². The minimum atomic E-state index is -0.504. The van der Waals surface area contributed by atoms with Crippen LogP contribution < -0.4 is 0 Å². The molecule has 18 heavy (non-hydrogen) atoms. The van der Waals surface area contributed by atoms with E-state index in [-0.39, 0.29) is 6.10 Å². The first kappa shape index (κ1) is 16.2. The van der Waals surface area contributed by atoms with E-state index in [1.165, 1.54) is 23.1 Å². The minimum absolute atomic E-state index is 0.000673. The molecule has 0 aliphatic heterocycles. The Balaban J connectivity index is 2.18. The summed E-state index contributed by atoms with van der Waals surface area (Å²) < 4.78 is 12.2. The van der Waals surface area contributed by atoms with E-state index in [0.29, 0.717) is 19.0 Å². The zero-order valence-corrected chi connectivity index (χ0v) is 13.1. The number of aromatic nitrogens is 2. The van der Waals surface area contributed by atoms with Crippen LogP contribution in [0.15, 0.2) is 8.68 Å². The summed E-state index contributed by atoms with van der Waals surface area (Å²) in [6, 6.07) is 0. The van der Waals surface area contributed by atoms with Gasteiger partial charge in [-0.1, -0.05) is 34.9 Å². The Bertz CT molecular complexity index is 338. The second kappa shape index (κ2) is 9.11. The number of rotatable bonds is 9. The largest absolute Gasteiger partial charge is 0.390 e. The number of aliphatic hydroxyl groups is 1. The van der Waals surface area contributed by atoms with Gasteiger partial charge in [0.25, 0.3) is 0 Å². The van der Waals surface area contributed by atoms with Crippen LogP contribution in [-0.4, -0.2) is 59.8 Å². The summed E-state index contributed by atoms with van der Waals surface area (Å²) in [6.45, 7) is 2.76. The molecule has 0 saturated carbocycles. The van der Waals surface area contributed by atoms with Gasteiger partial charge in [0.1, 0.15) is 0 Å². The highest BCUT2D eigenvalue weighted by Crippen LogP contribution is 2.27. The predicted molar refractivity (Wildman–Crippen MR) is 75.7 cm³/mol. The lowest BCUT2D eigenvalue weighted by molar-refractivity contribution is -0.0257. The van der Waals surface area contributed by atoms with Crippen molar-refractivity contribution < 1.29 is 14.6 Å². The van der Waals surface area contributed by atoms with Crippen molar-refractivity contribution >= 4 is 34.9 Å². The van der Waals surface area contributed by atoms with Gasteiger partial charge < -0.3 is 14.6 Å². The Morgan fingerprint density at radius 3 is 2.67 bits per heavy atom. The van der Waals surface area contributed by atoms with E-state index in [1.807, 2.05) is 13.2 Å². The van der Waals surface area contributed by atoms with Gasteiger partial charge in [0.05, 0.1) is 25.4 Å². The maximum absolute atomic E-state index is 9.76. The molecule has 0 aliphatic carbocycles. The third-order valence-corrected chi connectivity index (χ3v) is 5.11. The normalized spacial score (nSPS) is 14.7. The minimum Gasteiger partial charge on any atom is -0.390 e. The maximum Gasteiger partial charge on any atom is 0.175 e. The van der Waals surface area contributed by atoms with Crippen molar-refractivity contribution in [2.24, 2.45) is 0 Å². The molecule has 0 bridgehead atoms. The molecule has 0 amide bonds. The third-order valence-electron chi connectivity index (χ3n) is 1.94. The molecule has 5 nitrogen and oxygen atoms in total. The van der Waals surface area contributed by atoms with E-state index in [2.05, 4.69) is 10.2 Å². The lowest BCUT2D eigenvalue weighted by Crippen LogP contribution is -2.24. The zero-order chi connectivity index (χ0) is 13.4.